The number of likely N-dealkylation sites (N-methyl/N-ethyl adjacent to an activating group) is 1. The lowest BCUT2D eigenvalue weighted by Crippen LogP contribution is -2.45. The monoisotopic (exact) mass is 434 g/mol. The van der Waals surface area contributed by atoms with Gasteiger partial charge in [-0.3, -0.25) is 0 Å². The second-order valence-corrected chi connectivity index (χ2v) is 7.49. The zero-order chi connectivity index (χ0) is 24.0. The van der Waals surface area contributed by atoms with Crippen LogP contribution in [-0.2, 0) is 14.3 Å². The Labute approximate surface area is 190 Å². The minimum Gasteiger partial charge on any atom is -0.465 e. The summed E-state index contributed by atoms with van der Waals surface area (Å²) in [6.45, 7) is 6.78. The van der Waals surface area contributed by atoms with Gasteiger partial charge in [0.15, 0.2) is 6.54 Å². The molecule has 0 atom stereocenters. The highest BCUT2D eigenvalue weighted by Crippen LogP contribution is 2.16. The molecular weight excluding hydrogens is 390 g/mol. The van der Waals surface area contributed by atoms with Crippen molar-refractivity contribution in [2.75, 3.05) is 40.9 Å². The van der Waals surface area contributed by atoms with Crippen molar-refractivity contribution >= 4 is 11.9 Å². The molecule has 0 aromatic heterocycles. The normalized spacial score (nSPS) is 15.5. The zero-order valence-electron chi connectivity index (χ0n) is 20.4. The van der Waals surface area contributed by atoms with Crippen molar-refractivity contribution in [1.82, 2.24) is 0 Å². The van der Waals surface area contributed by atoms with Crippen LogP contribution in [0.25, 0.3) is 0 Å². The van der Waals surface area contributed by atoms with Gasteiger partial charge in [0.2, 0.25) is 0 Å². The number of hydrogen-bond acceptors (Lipinski definition) is 4. The number of likely N-dealkylation sites (tertiary alicyclic amines) is 1. The summed E-state index contributed by atoms with van der Waals surface area (Å²) >= 11 is 0. The van der Waals surface area contributed by atoms with E-state index in [-0.39, 0.29) is 11.9 Å². The molecular formula is C26H44NO4+. The van der Waals surface area contributed by atoms with E-state index in [9.17, 15) is 9.59 Å². The Morgan fingerprint density at radius 1 is 0.806 bits per heavy atom. The van der Waals surface area contributed by atoms with Crippen LogP contribution in [0.5, 0.6) is 0 Å². The minimum absolute atomic E-state index is 0.0885. The van der Waals surface area contributed by atoms with Gasteiger partial charge in [0.25, 0.3) is 0 Å². The predicted octanol–water partition coefficient (Wildman–Crippen LogP) is 5.49. The molecule has 0 unspecified atom stereocenters. The summed E-state index contributed by atoms with van der Waals surface area (Å²) in [7, 11) is 4.93. The van der Waals surface area contributed by atoms with Crippen LogP contribution >= 0.6 is 0 Å². The second-order valence-electron chi connectivity index (χ2n) is 7.49. The molecule has 1 heterocycles. The summed E-state index contributed by atoms with van der Waals surface area (Å²) in [4.78, 5) is 21.7. The van der Waals surface area contributed by atoms with Gasteiger partial charge in [-0.25, -0.2) is 9.59 Å². The number of rotatable bonds is 3. The van der Waals surface area contributed by atoms with Crippen LogP contribution in [0.1, 0.15) is 75.6 Å². The van der Waals surface area contributed by atoms with Gasteiger partial charge in [0.05, 0.1) is 39.9 Å². The van der Waals surface area contributed by atoms with Crippen molar-refractivity contribution in [3.8, 4) is 12.8 Å². The summed E-state index contributed by atoms with van der Waals surface area (Å²) in [5.41, 5.74) is 0.588. The van der Waals surface area contributed by atoms with Crippen LogP contribution in [-0.4, -0.2) is 57.3 Å². The molecule has 3 rings (SSSR count). The average Bonchev–Trinajstić information content (AvgIpc) is 3.29. The summed E-state index contributed by atoms with van der Waals surface area (Å²) in [5, 5.41) is 0. The van der Waals surface area contributed by atoms with Crippen LogP contribution in [0, 0.1) is 12.8 Å². The SMILES string of the molecule is C#C.C1CCCCC1.CC.COC(=O)C[N+]1(C)CCCC1.COC(=O)c1ccccc1. The number of quaternary nitrogens is 1. The van der Waals surface area contributed by atoms with E-state index in [1.54, 1.807) is 24.3 Å². The third kappa shape index (κ3) is 16.1. The lowest BCUT2D eigenvalue weighted by molar-refractivity contribution is -0.890. The molecule has 176 valence electrons. The van der Waals surface area contributed by atoms with Gasteiger partial charge in [-0.2, -0.15) is 0 Å². The van der Waals surface area contributed by atoms with Gasteiger partial charge in [0.1, 0.15) is 0 Å². The number of ether oxygens (including phenoxy) is 2. The molecule has 0 spiro atoms. The molecule has 1 saturated carbocycles. The number of benzene rings is 1. The van der Waals surface area contributed by atoms with Crippen molar-refractivity contribution in [1.29, 1.82) is 0 Å². The smallest absolute Gasteiger partial charge is 0.361 e. The lowest BCUT2D eigenvalue weighted by Gasteiger charge is -2.27. The molecule has 1 aliphatic heterocycles. The molecule has 0 radical (unpaired) electrons. The number of methoxy groups -OCH3 is 2. The van der Waals surface area contributed by atoms with Gasteiger partial charge in [-0.05, 0) is 12.1 Å². The molecule has 5 nitrogen and oxygen atoms in total. The first kappa shape index (κ1) is 30.9. The van der Waals surface area contributed by atoms with Gasteiger partial charge in [-0.15, -0.1) is 12.8 Å². The highest BCUT2D eigenvalue weighted by atomic mass is 16.5. The first-order valence-electron chi connectivity index (χ1n) is 11.4. The van der Waals surface area contributed by atoms with E-state index in [1.807, 2.05) is 19.9 Å². The summed E-state index contributed by atoms with van der Waals surface area (Å²) in [5.74, 6) is -0.380. The lowest BCUT2D eigenvalue weighted by atomic mass is 10.0. The highest BCUT2D eigenvalue weighted by Gasteiger charge is 2.29. The van der Waals surface area contributed by atoms with Crippen LogP contribution in [0.3, 0.4) is 0 Å². The molecule has 31 heavy (non-hydrogen) atoms. The van der Waals surface area contributed by atoms with E-state index in [0.29, 0.717) is 12.1 Å². The first-order valence-corrected chi connectivity index (χ1v) is 11.4. The van der Waals surface area contributed by atoms with E-state index < -0.39 is 0 Å². The molecule has 1 saturated heterocycles. The fourth-order valence-electron chi connectivity index (χ4n) is 3.39. The Balaban J connectivity index is 0. The Kier molecular flexibility index (Phi) is 20.8. The maximum absolute atomic E-state index is 10.9. The van der Waals surface area contributed by atoms with E-state index in [0.717, 1.165) is 17.6 Å². The molecule has 1 aromatic rings. The predicted molar refractivity (Wildman–Crippen MR) is 129 cm³/mol. The topological polar surface area (TPSA) is 52.6 Å². The largest absolute Gasteiger partial charge is 0.465 e. The van der Waals surface area contributed by atoms with Crippen molar-refractivity contribution in [2.45, 2.75) is 65.2 Å². The third-order valence-corrected chi connectivity index (χ3v) is 5.08. The Morgan fingerprint density at radius 3 is 1.58 bits per heavy atom. The summed E-state index contributed by atoms with van der Waals surface area (Å²) in [6.07, 6.45) is 19.5. The minimum atomic E-state index is -0.291. The van der Waals surface area contributed by atoms with Crippen LogP contribution in [0.4, 0.5) is 0 Å². The van der Waals surface area contributed by atoms with Crippen LogP contribution in [0.15, 0.2) is 30.3 Å². The Morgan fingerprint density at radius 2 is 1.23 bits per heavy atom. The van der Waals surface area contributed by atoms with E-state index >= 15 is 0 Å². The molecule has 1 aliphatic carbocycles. The fourth-order valence-corrected chi connectivity index (χ4v) is 3.39. The molecule has 2 fully saturated rings. The van der Waals surface area contributed by atoms with Crippen molar-refractivity contribution in [3.63, 3.8) is 0 Å². The maximum Gasteiger partial charge on any atom is 0.361 e. The Bertz CT molecular complexity index is 562. The number of hydrogen-bond donors (Lipinski definition) is 0. The van der Waals surface area contributed by atoms with Gasteiger partial charge in [-0.1, -0.05) is 70.6 Å². The molecule has 0 N–H and O–H groups in total. The molecule has 0 amide bonds. The number of terminal acetylenes is 1. The van der Waals surface area contributed by atoms with E-state index in [4.69, 9.17) is 0 Å². The summed E-state index contributed by atoms with van der Waals surface area (Å²) in [6, 6.07) is 8.88. The molecule has 1 aromatic carbocycles. The van der Waals surface area contributed by atoms with E-state index in [2.05, 4.69) is 29.4 Å². The maximum atomic E-state index is 10.9. The fraction of sp³-hybridized carbons (Fsp3) is 0.615. The van der Waals surface area contributed by atoms with Crippen LogP contribution in [0.2, 0.25) is 0 Å². The molecule has 5 heteroatoms. The van der Waals surface area contributed by atoms with E-state index in [1.165, 1.54) is 65.6 Å². The van der Waals surface area contributed by atoms with Gasteiger partial charge in [0, 0.05) is 12.8 Å². The highest BCUT2D eigenvalue weighted by molar-refractivity contribution is 5.89. The van der Waals surface area contributed by atoms with Crippen molar-refractivity contribution in [3.05, 3.63) is 35.9 Å². The number of nitrogens with zero attached hydrogens (tertiary/aromatic N) is 1. The van der Waals surface area contributed by atoms with Crippen molar-refractivity contribution < 1.29 is 23.5 Å². The third-order valence-electron chi connectivity index (χ3n) is 5.08. The first-order chi connectivity index (χ1) is 15.0. The quantitative estimate of drug-likeness (QED) is 0.359. The van der Waals surface area contributed by atoms with Gasteiger partial charge >= 0.3 is 11.9 Å². The number of carbonyl (C=O) groups is 2. The molecule has 2 aliphatic rings. The standard InChI is InChI=1S/C8H16NO2.C8H8O2.C6H12.C2H6.C2H2/c1-9(5-3-4-6-9)7-8(10)11-2;1-10-8(9)7-5-3-2-4-6-7;1-2-4-6-5-3-1;2*1-2/h3-7H2,1-2H3;2-6H,1H3;1-6H2;1-2H3;1-2H/q+1;;;;. The Hall–Kier alpha value is -2.32. The molecule has 0 bridgehead atoms. The zero-order valence-corrected chi connectivity index (χ0v) is 20.4. The van der Waals surface area contributed by atoms with Gasteiger partial charge < -0.3 is 14.0 Å². The average molecular weight is 435 g/mol. The summed E-state index contributed by atoms with van der Waals surface area (Å²) < 4.78 is 9.99. The number of carbonyl (C=O) groups excluding carboxylic acids is 2. The number of esters is 2. The second kappa shape index (κ2) is 20.9. The van der Waals surface area contributed by atoms with Crippen LogP contribution < -0.4 is 0 Å². The van der Waals surface area contributed by atoms with Crippen molar-refractivity contribution in [2.24, 2.45) is 0 Å².